The van der Waals surface area contributed by atoms with Crippen LogP contribution in [0.4, 0.5) is 0 Å². The molecule has 0 aromatic rings. The summed E-state index contributed by atoms with van der Waals surface area (Å²) in [5, 5.41) is 87.1. The van der Waals surface area contributed by atoms with Gasteiger partial charge in [-0.15, -0.1) is 0 Å². The van der Waals surface area contributed by atoms with Crippen molar-refractivity contribution in [3.05, 3.63) is 0 Å². The van der Waals surface area contributed by atoms with Crippen molar-refractivity contribution in [2.75, 3.05) is 52.9 Å². The molecule has 0 radical (unpaired) electrons. The summed E-state index contributed by atoms with van der Waals surface area (Å²) in [5.41, 5.74) is -6.47. The molecule has 1 aliphatic carbocycles. The van der Waals surface area contributed by atoms with Crippen molar-refractivity contribution in [3.8, 4) is 0 Å². The summed E-state index contributed by atoms with van der Waals surface area (Å²) < 4.78 is 0. The van der Waals surface area contributed by atoms with Crippen LogP contribution in [0.15, 0.2) is 0 Å². The lowest BCUT2D eigenvalue weighted by atomic mass is 9.42. The van der Waals surface area contributed by atoms with Gasteiger partial charge in [-0.25, -0.2) is 0 Å². The van der Waals surface area contributed by atoms with Gasteiger partial charge in [0.1, 0.15) is 0 Å². The van der Waals surface area contributed by atoms with Crippen molar-refractivity contribution in [1.82, 2.24) is 0 Å². The third-order valence-electron chi connectivity index (χ3n) is 12.0. The second-order valence-corrected chi connectivity index (χ2v) is 14.6. The molecule has 0 heterocycles. The third kappa shape index (κ3) is 11.7. The minimum Gasteiger partial charge on any atom is -0.396 e. The maximum Gasteiger partial charge on any atom is 0.0523 e. The predicted molar refractivity (Wildman–Crippen MR) is 182 cm³/mol. The average molecular weight is 647 g/mol. The Labute approximate surface area is 275 Å². The van der Waals surface area contributed by atoms with E-state index in [2.05, 4.69) is 0 Å². The zero-order valence-electron chi connectivity index (χ0n) is 28.9. The standard InChI is InChI=1S/C37H74O8/c38-26-34(27-39)24-22-20-18-16-14-12-10-8-6-4-2-1-3-5-7-9-11-13-15-17-19-21-23-25-35(28-40,29-41)37(32-44,33-45)36(34,30-42)31-43/h38-45H,1-33H2. The first-order valence-electron chi connectivity index (χ1n) is 18.8. The molecule has 0 aliphatic heterocycles. The molecular weight excluding hydrogens is 572 g/mol. The molecule has 1 rings (SSSR count). The minimum atomic E-state index is -1.78. The quantitative estimate of drug-likeness (QED) is 0.168. The van der Waals surface area contributed by atoms with Gasteiger partial charge in [-0.05, 0) is 12.8 Å². The zero-order chi connectivity index (χ0) is 33.3. The highest BCUT2D eigenvalue weighted by atomic mass is 16.3. The van der Waals surface area contributed by atoms with E-state index in [9.17, 15) is 40.9 Å². The molecule has 0 atom stereocenters. The topological polar surface area (TPSA) is 162 Å². The molecule has 1 aliphatic rings. The Hall–Kier alpha value is -0.320. The Morgan fingerprint density at radius 1 is 0.222 bits per heavy atom. The number of rotatable bonds is 8. The van der Waals surface area contributed by atoms with Crippen LogP contribution in [0.25, 0.3) is 0 Å². The maximum absolute atomic E-state index is 11.0. The van der Waals surface area contributed by atoms with Gasteiger partial charge in [0.15, 0.2) is 0 Å². The van der Waals surface area contributed by atoms with Crippen LogP contribution in [-0.2, 0) is 0 Å². The summed E-state index contributed by atoms with van der Waals surface area (Å²) in [6.45, 7) is -5.31. The molecule has 8 N–H and O–H groups in total. The van der Waals surface area contributed by atoms with Crippen LogP contribution in [0.5, 0.6) is 0 Å². The largest absolute Gasteiger partial charge is 0.396 e. The van der Waals surface area contributed by atoms with Gasteiger partial charge >= 0.3 is 0 Å². The van der Waals surface area contributed by atoms with Crippen LogP contribution in [0.3, 0.4) is 0 Å². The first kappa shape index (κ1) is 42.7. The molecule has 1 saturated carbocycles. The van der Waals surface area contributed by atoms with E-state index in [4.69, 9.17) is 0 Å². The van der Waals surface area contributed by atoms with Crippen LogP contribution in [0.1, 0.15) is 161 Å². The monoisotopic (exact) mass is 647 g/mol. The molecule has 8 heteroatoms. The first-order chi connectivity index (χ1) is 21.9. The van der Waals surface area contributed by atoms with Crippen molar-refractivity contribution in [2.45, 2.75) is 161 Å². The second kappa shape index (κ2) is 24.8. The zero-order valence-corrected chi connectivity index (χ0v) is 28.9. The number of aliphatic hydroxyl groups excluding tert-OH is 8. The van der Waals surface area contributed by atoms with Gasteiger partial charge in [-0.2, -0.15) is 0 Å². The van der Waals surface area contributed by atoms with Gasteiger partial charge in [-0.3, -0.25) is 0 Å². The molecular formula is C37H74O8. The van der Waals surface area contributed by atoms with E-state index < -0.39 is 74.5 Å². The lowest BCUT2D eigenvalue weighted by molar-refractivity contribution is -0.268. The summed E-state index contributed by atoms with van der Waals surface area (Å²) in [6, 6.07) is 0. The molecule has 0 aromatic heterocycles. The van der Waals surface area contributed by atoms with E-state index >= 15 is 0 Å². The summed E-state index contributed by atoms with van der Waals surface area (Å²) in [7, 11) is 0. The van der Waals surface area contributed by atoms with Crippen LogP contribution in [-0.4, -0.2) is 93.7 Å². The van der Waals surface area contributed by atoms with E-state index in [1.807, 2.05) is 0 Å². The van der Waals surface area contributed by atoms with Gasteiger partial charge in [0.25, 0.3) is 0 Å². The van der Waals surface area contributed by atoms with E-state index in [1.54, 1.807) is 0 Å². The highest BCUT2D eigenvalue weighted by molar-refractivity contribution is 5.14. The Morgan fingerprint density at radius 3 is 0.511 bits per heavy atom. The predicted octanol–water partition coefficient (Wildman–Crippen LogP) is 5.64. The third-order valence-corrected chi connectivity index (χ3v) is 12.0. The van der Waals surface area contributed by atoms with Crippen LogP contribution >= 0.6 is 0 Å². The summed E-state index contributed by atoms with van der Waals surface area (Å²) in [5.74, 6) is 0. The molecule has 45 heavy (non-hydrogen) atoms. The second-order valence-electron chi connectivity index (χ2n) is 14.6. The lowest BCUT2D eigenvalue weighted by Gasteiger charge is -2.63. The Kier molecular flexibility index (Phi) is 23.5. The highest BCUT2D eigenvalue weighted by Gasteiger charge is 2.68. The lowest BCUT2D eigenvalue weighted by Crippen LogP contribution is -2.70. The number of aliphatic hydroxyl groups is 8. The Morgan fingerprint density at radius 2 is 0.378 bits per heavy atom. The molecule has 0 spiro atoms. The van der Waals surface area contributed by atoms with Gasteiger partial charge in [-0.1, -0.05) is 148 Å². The average Bonchev–Trinajstić information content (AvgIpc) is 3.07. The van der Waals surface area contributed by atoms with Crippen molar-refractivity contribution >= 4 is 0 Å². The molecule has 8 nitrogen and oxygen atoms in total. The smallest absolute Gasteiger partial charge is 0.0523 e. The molecule has 0 saturated heterocycles. The SMILES string of the molecule is OCC1(CO)CCCCCCCCCCCCCCCCCCCCCCCCCC(CO)(CO)C(CO)(CO)C1(CO)CO. The van der Waals surface area contributed by atoms with E-state index in [-0.39, 0.29) is 12.8 Å². The summed E-state index contributed by atoms with van der Waals surface area (Å²) in [6.07, 6.45) is 27.1. The van der Waals surface area contributed by atoms with Crippen molar-refractivity contribution in [2.24, 2.45) is 21.7 Å². The van der Waals surface area contributed by atoms with Gasteiger partial charge in [0, 0.05) is 21.7 Å². The van der Waals surface area contributed by atoms with Crippen LogP contribution < -0.4 is 0 Å². The molecule has 270 valence electrons. The van der Waals surface area contributed by atoms with Crippen LogP contribution in [0.2, 0.25) is 0 Å². The highest BCUT2D eigenvalue weighted by Crippen LogP contribution is 2.61. The molecule has 0 unspecified atom stereocenters. The van der Waals surface area contributed by atoms with E-state index in [0.717, 1.165) is 38.5 Å². The molecule has 0 amide bonds. The molecule has 0 aromatic carbocycles. The summed E-state index contributed by atoms with van der Waals surface area (Å²) in [4.78, 5) is 0. The van der Waals surface area contributed by atoms with Crippen molar-refractivity contribution in [3.63, 3.8) is 0 Å². The minimum absolute atomic E-state index is 0.260. The number of hydrogen-bond donors (Lipinski definition) is 8. The van der Waals surface area contributed by atoms with E-state index in [1.165, 1.54) is 96.3 Å². The van der Waals surface area contributed by atoms with Gasteiger partial charge in [0.05, 0.1) is 52.9 Å². The van der Waals surface area contributed by atoms with Crippen molar-refractivity contribution < 1.29 is 40.9 Å². The maximum atomic E-state index is 11.0. The normalized spacial score (nSPS) is 24.5. The molecule has 0 bridgehead atoms. The Bertz CT molecular complexity index is 615. The Balaban J connectivity index is 3.16. The fourth-order valence-corrected chi connectivity index (χ4v) is 8.53. The first-order valence-corrected chi connectivity index (χ1v) is 18.8. The van der Waals surface area contributed by atoms with Gasteiger partial charge < -0.3 is 40.9 Å². The fraction of sp³-hybridized carbons (Fsp3) is 1.00. The van der Waals surface area contributed by atoms with Crippen LogP contribution in [0, 0.1) is 21.7 Å². The van der Waals surface area contributed by atoms with Crippen molar-refractivity contribution in [1.29, 1.82) is 0 Å². The summed E-state index contributed by atoms with van der Waals surface area (Å²) >= 11 is 0. The van der Waals surface area contributed by atoms with E-state index in [0.29, 0.717) is 12.8 Å². The fourth-order valence-electron chi connectivity index (χ4n) is 8.53. The molecule has 1 fully saturated rings. The number of hydrogen-bond acceptors (Lipinski definition) is 8. The van der Waals surface area contributed by atoms with Gasteiger partial charge in [0.2, 0.25) is 0 Å².